The molecular formula is C7H5Br2N3S2. The summed E-state index contributed by atoms with van der Waals surface area (Å²) in [4.78, 5) is 0. The Morgan fingerprint density at radius 3 is 2.71 bits per heavy atom. The van der Waals surface area contributed by atoms with E-state index in [2.05, 4.69) is 42.1 Å². The fourth-order valence-electron chi connectivity index (χ4n) is 1.08. The SMILES string of the molecule is Cn1c(-c2cc(Br)sc2Br)n[nH]c1=S. The second-order valence-electron chi connectivity index (χ2n) is 2.65. The van der Waals surface area contributed by atoms with Crippen molar-refractivity contribution in [3.8, 4) is 11.4 Å². The molecule has 7 heteroatoms. The highest BCUT2D eigenvalue weighted by Gasteiger charge is 2.12. The summed E-state index contributed by atoms with van der Waals surface area (Å²) >= 11 is 13.6. The predicted octanol–water partition coefficient (Wildman–Crippen LogP) is 3.73. The number of aromatic nitrogens is 3. The Kier molecular flexibility index (Phi) is 2.92. The molecule has 0 bridgehead atoms. The Bertz CT molecular complexity index is 525. The van der Waals surface area contributed by atoms with Crippen LogP contribution in [0.5, 0.6) is 0 Å². The van der Waals surface area contributed by atoms with E-state index in [9.17, 15) is 0 Å². The van der Waals surface area contributed by atoms with E-state index in [1.165, 1.54) is 0 Å². The van der Waals surface area contributed by atoms with Gasteiger partial charge < -0.3 is 4.57 Å². The van der Waals surface area contributed by atoms with Crippen LogP contribution >= 0.6 is 55.4 Å². The highest BCUT2D eigenvalue weighted by atomic mass is 79.9. The Morgan fingerprint density at radius 2 is 2.29 bits per heavy atom. The van der Waals surface area contributed by atoms with E-state index in [0.717, 1.165) is 19.0 Å². The first-order valence-corrected chi connectivity index (χ1v) is 6.47. The van der Waals surface area contributed by atoms with Crippen LogP contribution in [0.3, 0.4) is 0 Å². The molecule has 74 valence electrons. The van der Waals surface area contributed by atoms with Crippen LogP contribution in [0.2, 0.25) is 0 Å². The maximum Gasteiger partial charge on any atom is 0.195 e. The minimum atomic E-state index is 0.620. The lowest BCUT2D eigenvalue weighted by Crippen LogP contribution is -1.91. The molecule has 0 saturated heterocycles. The van der Waals surface area contributed by atoms with Gasteiger partial charge in [-0.15, -0.1) is 11.3 Å². The molecule has 2 aromatic heterocycles. The zero-order valence-corrected chi connectivity index (χ0v) is 11.8. The number of nitrogens with one attached hydrogen (secondary N) is 1. The molecule has 2 aromatic rings. The number of aromatic amines is 1. The van der Waals surface area contributed by atoms with Crippen molar-refractivity contribution in [3.63, 3.8) is 0 Å². The molecule has 0 aliphatic carbocycles. The molecule has 0 spiro atoms. The average Bonchev–Trinajstić information content (AvgIpc) is 2.59. The van der Waals surface area contributed by atoms with Crippen molar-refractivity contribution in [2.24, 2.45) is 7.05 Å². The average molecular weight is 355 g/mol. The third-order valence-corrected chi connectivity index (χ3v) is 4.48. The zero-order valence-electron chi connectivity index (χ0n) is 7.04. The lowest BCUT2D eigenvalue weighted by Gasteiger charge is -1.96. The second-order valence-corrected chi connectivity index (χ2v) is 6.79. The van der Waals surface area contributed by atoms with Crippen LogP contribution in [-0.4, -0.2) is 14.8 Å². The summed E-state index contributed by atoms with van der Waals surface area (Å²) in [5, 5.41) is 6.92. The van der Waals surface area contributed by atoms with E-state index >= 15 is 0 Å². The molecule has 0 aliphatic rings. The topological polar surface area (TPSA) is 33.6 Å². The monoisotopic (exact) mass is 353 g/mol. The number of H-pyrrole nitrogens is 1. The summed E-state index contributed by atoms with van der Waals surface area (Å²) in [6, 6.07) is 2.01. The summed E-state index contributed by atoms with van der Waals surface area (Å²) in [6.07, 6.45) is 0. The number of nitrogens with zero attached hydrogens (tertiary/aromatic N) is 2. The third-order valence-electron chi connectivity index (χ3n) is 1.78. The maximum atomic E-state index is 5.05. The van der Waals surface area contributed by atoms with E-state index in [1.807, 2.05) is 17.7 Å². The van der Waals surface area contributed by atoms with Gasteiger partial charge in [-0.05, 0) is 50.1 Å². The van der Waals surface area contributed by atoms with E-state index in [-0.39, 0.29) is 0 Å². The molecule has 0 atom stereocenters. The number of thiophene rings is 1. The quantitative estimate of drug-likeness (QED) is 0.791. The second kappa shape index (κ2) is 3.88. The molecule has 0 radical (unpaired) electrons. The molecule has 0 saturated carbocycles. The van der Waals surface area contributed by atoms with Crippen molar-refractivity contribution < 1.29 is 0 Å². The van der Waals surface area contributed by atoms with Crippen molar-refractivity contribution in [1.29, 1.82) is 0 Å². The largest absolute Gasteiger partial charge is 0.303 e. The zero-order chi connectivity index (χ0) is 10.3. The lowest BCUT2D eigenvalue weighted by molar-refractivity contribution is 0.902. The first-order valence-electron chi connectivity index (χ1n) is 3.66. The Morgan fingerprint density at radius 1 is 1.57 bits per heavy atom. The highest BCUT2D eigenvalue weighted by Crippen LogP contribution is 2.37. The van der Waals surface area contributed by atoms with Crippen molar-refractivity contribution in [2.75, 3.05) is 0 Å². The van der Waals surface area contributed by atoms with Crippen LogP contribution < -0.4 is 0 Å². The summed E-state index contributed by atoms with van der Waals surface area (Å²) < 4.78 is 4.57. The normalized spacial score (nSPS) is 10.8. The van der Waals surface area contributed by atoms with Gasteiger partial charge in [-0.25, -0.2) is 0 Å². The summed E-state index contributed by atoms with van der Waals surface area (Å²) in [6.45, 7) is 0. The first kappa shape index (κ1) is 10.5. The van der Waals surface area contributed by atoms with E-state index in [4.69, 9.17) is 12.2 Å². The molecule has 2 heterocycles. The van der Waals surface area contributed by atoms with Gasteiger partial charge in [0.05, 0.1) is 7.57 Å². The van der Waals surface area contributed by atoms with Gasteiger partial charge in [0.2, 0.25) is 0 Å². The van der Waals surface area contributed by atoms with Gasteiger partial charge in [-0.1, -0.05) is 0 Å². The van der Waals surface area contributed by atoms with Gasteiger partial charge in [0, 0.05) is 12.6 Å². The number of hydrogen-bond donors (Lipinski definition) is 1. The maximum absolute atomic E-state index is 5.05. The molecule has 0 aromatic carbocycles. The molecule has 0 aliphatic heterocycles. The third kappa shape index (κ3) is 1.73. The Hall–Kier alpha value is 0.0200. The molecule has 2 rings (SSSR count). The van der Waals surface area contributed by atoms with Crippen LogP contribution in [0.15, 0.2) is 13.6 Å². The van der Waals surface area contributed by atoms with Crippen molar-refractivity contribution in [1.82, 2.24) is 14.8 Å². The lowest BCUT2D eigenvalue weighted by atomic mass is 10.3. The van der Waals surface area contributed by atoms with Crippen molar-refractivity contribution >= 4 is 55.4 Å². The van der Waals surface area contributed by atoms with Crippen LogP contribution in [0.4, 0.5) is 0 Å². The molecule has 0 unspecified atom stereocenters. The molecule has 0 amide bonds. The van der Waals surface area contributed by atoms with Crippen molar-refractivity contribution in [3.05, 3.63) is 18.4 Å². The molecule has 0 fully saturated rings. The number of hydrogen-bond acceptors (Lipinski definition) is 3. The van der Waals surface area contributed by atoms with E-state index < -0.39 is 0 Å². The van der Waals surface area contributed by atoms with Crippen molar-refractivity contribution in [2.45, 2.75) is 0 Å². The Labute approximate surface area is 106 Å². The Balaban J connectivity index is 2.65. The van der Waals surface area contributed by atoms with Gasteiger partial charge >= 0.3 is 0 Å². The minimum Gasteiger partial charge on any atom is -0.303 e. The van der Waals surface area contributed by atoms with Gasteiger partial charge in [0.1, 0.15) is 0 Å². The summed E-state index contributed by atoms with van der Waals surface area (Å²) in [5.74, 6) is 0.837. The van der Waals surface area contributed by atoms with Gasteiger partial charge in [0.15, 0.2) is 10.6 Å². The fraction of sp³-hybridized carbons (Fsp3) is 0.143. The molecule has 1 N–H and O–H groups in total. The molecular weight excluding hydrogens is 350 g/mol. The van der Waals surface area contributed by atoms with Gasteiger partial charge in [-0.2, -0.15) is 5.10 Å². The van der Waals surface area contributed by atoms with Gasteiger partial charge in [-0.3, -0.25) is 5.10 Å². The standard InChI is InChI=1S/C7H5Br2N3S2/c1-12-6(10-11-7(12)13)3-2-4(8)14-5(3)9/h2H,1H3,(H,11,13). The smallest absolute Gasteiger partial charge is 0.195 e. The highest BCUT2D eigenvalue weighted by molar-refractivity contribution is 9.12. The van der Waals surface area contributed by atoms with Crippen LogP contribution in [-0.2, 0) is 7.05 Å². The number of rotatable bonds is 1. The summed E-state index contributed by atoms with van der Waals surface area (Å²) in [5.41, 5.74) is 1.04. The van der Waals surface area contributed by atoms with Crippen LogP contribution in [0.25, 0.3) is 11.4 Å². The first-order chi connectivity index (χ1) is 6.59. The number of halogens is 2. The van der Waals surface area contributed by atoms with Crippen LogP contribution in [0.1, 0.15) is 0 Å². The van der Waals surface area contributed by atoms with E-state index in [1.54, 1.807) is 11.3 Å². The van der Waals surface area contributed by atoms with E-state index in [0.29, 0.717) is 4.77 Å². The fourth-order valence-corrected chi connectivity index (χ4v) is 4.00. The minimum absolute atomic E-state index is 0.620. The molecule has 14 heavy (non-hydrogen) atoms. The molecule has 3 nitrogen and oxygen atoms in total. The van der Waals surface area contributed by atoms with Crippen LogP contribution in [0, 0.1) is 4.77 Å². The predicted molar refractivity (Wildman–Crippen MR) is 67.1 cm³/mol. The summed E-state index contributed by atoms with van der Waals surface area (Å²) in [7, 11) is 1.89. The van der Waals surface area contributed by atoms with Gasteiger partial charge in [0.25, 0.3) is 0 Å².